The molecule has 1 aliphatic rings. The maximum atomic E-state index is 11.7. The van der Waals surface area contributed by atoms with Gasteiger partial charge in [-0.05, 0) is 32.7 Å². The molecule has 0 atom stereocenters. The molecule has 1 rings (SSSR count). The SMILES string of the molecule is CN(CCS(=O)(=O)CCC(N)=O)C1CCC(N)CC1. The summed E-state index contributed by atoms with van der Waals surface area (Å²) in [6.07, 6.45) is 3.97. The molecule has 7 heteroatoms. The maximum Gasteiger partial charge on any atom is 0.218 e. The molecule has 4 N–H and O–H groups in total. The van der Waals surface area contributed by atoms with E-state index in [9.17, 15) is 13.2 Å². The van der Waals surface area contributed by atoms with Gasteiger partial charge in [-0.15, -0.1) is 0 Å². The van der Waals surface area contributed by atoms with E-state index in [2.05, 4.69) is 4.90 Å². The Hall–Kier alpha value is -0.660. The van der Waals surface area contributed by atoms with E-state index in [1.54, 1.807) is 0 Å². The fourth-order valence-electron chi connectivity index (χ4n) is 2.37. The molecule has 0 aromatic heterocycles. The molecule has 0 radical (unpaired) electrons. The summed E-state index contributed by atoms with van der Waals surface area (Å²) < 4.78 is 23.4. The molecule has 0 aromatic rings. The Bertz CT molecular complexity index is 389. The highest BCUT2D eigenvalue weighted by molar-refractivity contribution is 7.91. The zero-order valence-electron chi connectivity index (χ0n) is 11.5. The van der Waals surface area contributed by atoms with E-state index in [-0.39, 0.29) is 17.9 Å². The second-order valence-electron chi connectivity index (χ2n) is 5.42. The summed E-state index contributed by atoms with van der Waals surface area (Å²) in [4.78, 5) is 12.7. The van der Waals surface area contributed by atoms with E-state index >= 15 is 0 Å². The average molecular weight is 291 g/mol. The summed E-state index contributed by atoms with van der Waals surface area (Å²) in [5.41, 5.74) is 10.8. The fraction of sp³-hybridized carbons (Fsp3) is 0.917. The van der Waals surface area contributed by atoms with Crippen molar-refractivity contribution in [3.63, 3.8) is 0 Å². The van der Waals surface area contributed by atoms with Crippen molar-refractivity contribution in [1.82, 2.24) is 4.90 Å². The van der Waals surface area contributed by atoms with E-state index in [1.807, 2.05) is 7.05 Å². The quantitative estimate of drug-likeness (QED) is 0.656. The van der Waals surface area contributed by atoms with E-state index in [1.165, 1.54) is 0 Å². The first kappa shape index (κ1) is 16.4. The summed E-state index contributed by atoms with van der Waals surface area (Å²) in [7, 11) is -1.24. The molecular weight excluding hydrogens is 266 g/mol. The van der Waals surface area contributed by atoms with Crippen LogP contribution in [0.5, 0.6) is 0 Å². The Morgan fingerprint density at radius 3 is 2.32 bits per heavy atom. The van der Waals surface area contributed by atoms with Crippen LogP contribution >= 0.6 is 0 Å². The molecule has 1 aliphatic carbocycles. The number of sulfone groups is 1. The highest BCUT2D eigenvalue weighted by Crippen LogP contribution is 2.20. The van der Waals surface area contributed by atoms with Crippen molar-refractivity contribution in [2.75, 3.05) is 25.1 Å². The van der Waals surface area contributed by atoms with Crippen LogP contribution in [0.1, 0.15) is 32.1 Å². The van der Waals surface area contributed by atoms with E-state index in [4.69, 9.17) is 11.5 Å². The summed E-state index contributed by atoms with van der Waals surface area (Å²) in [5, 5.41) is 0. The van der Waals surface area contributed by atoms with Crippen LogP contribution in [-0.4, -0.2) is 56.4 Å². The number of hydrogen-bond acceptors (Lipinski definition) is 5. The smallest absolute Gasteiger partial charge is 0.218 e. The van der Waals surface area contributed by atoms with Gasteiger partial charge in [-0.25, -0.2) is 8.42 Å². The number of nitrogens with zero attached hydrogens (tertiary/aromatic N) is 1. The van der Waals surface area contributed by atoms with Gasteiger partial charge in [-0.1, -0.05) is 0 Å². The Morgan fingerprint density at radius 1 is 1.21 bits per heavy atom. The first-order chi connectivity index (χ1) is 8.80. The largest absolute Gasteiger partial charge is 0.370 e. The molecule has 19 heavy (non-hydrogen) atoms. The van der Waals surface area contributed by atoms with Gasteiger partial charge in [-0.3, -0.25) is 4.79 Å². The average Bonchev–Trinajstić information content (AvgIpc) is 2.35. The first-order valence-electron chi connectivity index (χ1n) is 6.75. The third-order valence-electron chi connectivity index (χ3n) is 3.78. The zero-order valence-corrected chi connectivity index (χ0v) is 12.4. The lowest BCUT2D eigenvalue weighted by molar-refractivity contribution is -0.117. The van der Waals surface area contributed by atoms with Crippen molar-refractivity contribution >= 4 is 15.7 Å². The number of carbonyl (C=O) groups is 1. The Kier molecular flexibility index (Phi) is 6.22. The van der Waals surface area contributed by atoms with Gasteiger partial charge in [0.2, 0.25) is 5.91 Å². The molecule has 0 heterocycles. The van der Waals surface area contributed by atoms with Crippen molar-refractivity contribution < 1.29 is 13.2 Å². The number of nitrogens with two attached hydrogens (primary N) is 2. The molecule has 0 saturated heterocycles. The van der Waals surface area contributed by atoms with E-state index in [0.29, 0.717) is 18.6 Å². The molecule has 1 amide bonds. The predicted octanol–water partition coefficient (Wildman–Crippen LogP) is -0.522. The number of rotatable bonds is 7. The third kappa shape index (κ3) is 6.35. The van der Waals surface area contributed by atoms with Crippen molar-refractivity contribution in [2.45, 2.75) is 44.2 Å². The lowest BCUT2D eigenvalue weighted by atomic mass is 9.91. The van der Waals surface area contributed by atoms with Gasteiger partial charge in [0, 0.05) is 25.0 Å². The van der Waals surface area contributed by atoms with Crippen molar-refractivity contribution in [2.24, 2.45) is 11.5 Å². The van der Waals surface area contributed by atoms with Crippen LogP contribution in [-0.2, 0) is 14.6 Å². The summed E-state index contributed by atoms with van der Waals surface area (Å²) in [5.74, 6) is -0.636. The van der Waals surface area contributed by atoms with Gasteiger partial charge in [0.15, 0.2) is 9.84 Å². The number of hydrogen-bond donors (Lipinski definition) is 2. The van der Waals surface area contributed by atoms with Crippen LogP contribution in [0.25, 0.3) is 0 Å². The van der Waals surface area contributed by atoms with Gasteiger partial charge in [0.1, 0.15) is 0 Å². The summed E-state index contributed by atoms with van der Waals surface area (Å²) in [6.45, 7) is 0.501. The Morgan fingerprint density at radius 2 is 1.79 bits per heavy atom. The standard InChI is InChI=1S/C12H25N3O3S/c1-15(11-4-2-10(13)3-5-11)7-9-19(17,18)8-6-12(14)16/h10-11H,2-9,13H2,1H3,(H2,14,16). The molecule has 0 aliphatic heterocycles. The van der Waals surface area contributed by atoms with Crippen molar-refractivity contribution in [3.05, 3.63) is 0 Å². The Balaban J connectivity index is 2.32. The lowest BCUT2D eigenvalue weighted by Gasteiger charge is -2.33. The number of primary amides is 1. The van der Waals surface area contributed by atoms with Gasteiger partial charge in [-0.2, -0.15) is 0 Å². The second kappa shape index (κ2) is 7.21. The minimum absolute atomic E-state index is 0.0827. The third-order valence-corrected chi connectivity index (χ3v) is 5.41. The maximum absolute atomic E-state index is 11.7. The van der Waals surface area contributed by atoms with Crippen LogP contribution in [0.3, 0.4) is 0 Å². The minimum Gasteiger partial charge on any atom is -0.370 e. The van der Waals surface area contributed by atoms with Crippen molar-refractivity contribution in [3.8, 4) is 0 Å². The topological polar surface area (TPSA) is 106 Å². The van der Waals surface area contributed by atoms with E-state index < -0.39 is 15.7 Å². The monoisotopic (exact) mass is 291 g/mol. The molecule has 0 bridgehead atoms. The highest BCUT2D eigenvalue weighted by Gasteiger charge is 2.23. The van der Waals surface area contributed by atoms with Gasteiger partial charge in [0.25, 0.3) is 0 Å². The Labute approximate surface area is 115 Å². The molecule has 1 saturated carbocycles. The van der Waals surface area contributed by atoms with Crippen LogP contribution in [0.2, 0.25) is 0 Å². The molecule has 1 fully saturated rings. The predicted molar refractivity (Wildman–Crippen MR) is 75.3 cm³/mol. The normalized spacial score (nSPS) is 24.6. The molecule has 6 nitrogen and oxygen atoms in total. The van der Waals surface area contributed by atoms with Crippen LogP contribution < -0.4 is 11.5 Å². The number of amides is 1. The van der Waals surface area contributed by atoms with Gasteiger partial charge < -0.3 is 16.4 Å². The summed E-state index contributed by atoms with van der Waals surface area (Å²) in [6, 6.07) is 0.718. The first-order valence-corrected chi connectivity index (χ1v) is 8.57. The number of carbonyl (C=O) groups excluding carboxylic acids is 1. The molecular formula is C12H25N3O3S. The highest BCUT2D eigenvalue weighted by atomic mass is 32.2. The van der Waals surface area contributed by atoms with Crippen LogP contribution in [0.15, 0.2) is 0 Å². The fourth-order valence-corrected chi connectivity index (χ4v) is 3.65. The van der Waals surface area contributed by atoms with Gasteiger partial charge >= 0.3 is 0 Å². The lowest BCUT2D eigenvalue weighted by Crippen LogP contribution is -2.40. The molecule has 112 valence electrons. The summed E-state index contributed by atoms with van der Waals surface area (Å²) >= 11 is 0. The molecule has 0 unspecified atom stereocenters. The van der Waals surface area contributed by atoms with Gasteiger partial charge in [0.05, 0.1) is 11.5 Å². The van der Waals surface area contributed by atoms with Crippen molar-refractivity contribution in [1.29, 1.82) is 0 Å². The van der Waals surface area contributed by atoms with Crippen LogP contribution in [0.4, 0.5) is 0 Å². The van der Waals surface area contributed by atoms with E-state index in [0.717, 1.165) is 25.7 Å². The zero-order chi connectivity index (χ0) is 14.5. The minimum atomic E-state index is -3.19. The second-order valence-corrected chi connectivity index (χ2v) is 7.72. The van der Waals surface area contributed by atoms with Crippen LogP contribution in [0, 0.1) is 0 Å². The molecule has 0 spiro atoms. The molecule has 0 aromatic carbocycles.